The van der Waals surface area contributed by atoms with Gasteiger partial charge in [-0.3, -0.25) is 0 Å². The Morgan fingerprint density at radius 3 is 2.56 bits per heavy atom. The summed E-state index contributed by atoms with van der Waals surface area (Å²) >= 11 is 1.06. The van der Waals surface area contributed by atoms with Crippen LogP contribution in [0, 0.1) is 0 Å². The summed E-state index contributed by atoms with van der Waals surface area (Å²) in [5.74, 6) is 1.62. The van der Waals surface area contributed by atoms with Gasteiger partial charge in [0.25, 0.3) is 0 Å². The topological polar surface area (TPSA) is 66.4 Å². The Kier molecular flexibility index (Phi) is 3.16. The van der Waals surface area contributed by atoms with Crippen molar-refractivity contribution in [2.45, 2.75) is 0 Å². The van der Waals surface area contributed by atoms with Crippen molar-refractivity contribution in [2.24, 2.45) is 0 Å². The average Bonchev–Trinajstić information content (AvgIpc) is 2.81. The minimum absolute atomic E-state index is 0.353. The van der Waals surface area contributed by atoms with Gasteiger partial charge in [0, 0.05) is 11.5 Å². The van der Waals surface area contributed by atoms with Crippen LogP contribution in [0.4, 0.5) is 0 Å². The van der Waals surface area contributed by atoms with Crippen molar-refractivity contribution in [1.29, 1.82) is 0 Å². The Bertz CT molecular complexity index is 461. The van der Waals surface area contributed by atoms with Crippen molar-refractivity contribution >= 4 is 11.5 Å². The number of para-hydroxylation sites is 1. The monoisotopic (exact) mass is 239 g/mol. The smallest absolute Gasteiger partial charge is 0.319 e. The van der Waals surface area contributed by atoms with Gasteiger partial charge in [-0.2, -0.15) is 0 Å². The fraction of sp³-hybridized carbons (Fsp3) is 0.222. The largest absolute Gasteiger partial charge is 0.493 e. The van der Waals surface area contributed by atoms with Crippen molar-refractivity contribution < 1.29 is 14.2 Å². The van der Waals surface area contributed by atoms with E-state index in [1.807, 2.05) is 0 Å². The van der Waals surface area contributed by atoms with Crippen LogP contribution in [-0.4, -0.2) is 29.0 Å². The number of methoxy groups -OCH3 is 2. The molecule has 16 heavy (non-hydrogen) atoms. The second-order valence-electron chi connectivity index (χ2n) is 2.72. The molecular weight excluding hydrogens is 230 g/mol. The van der Waals surface area contributed by atoms with Gasteiger partial charge in [-0.25, -0.2) is 0 Å². The van der Waals surface area contributed by atoms with Crippen molar-refractivity contribution in [3.8, 4) is 22.4 Å². The van der Waals surface area contributed by atoms with Crippen LogP contribution in [0.25, 0.3) is 0 Å². The fourth-order valence-electron chi connectivity index (χ4n) is 1.20. The number of nitrogens with zero attached hydrogens (tertiary/aromatic N) is 3. The standard InChI is InChI=1S/C9H9N3O3S/c1-13-6-4-3-5-7(8(6)14-2)15-9-10-11-12-16-9/h3-5H,1-2H3. The molecule has 84 valence electrons. The molecule has 1 aromatic carbocycles. The normalized spacial score (nSPS) is 9.88. The fourth-order valence-corrected chi connectivity index (χ4v) is 1.54. The Morgan fingerprint density at radius 2 is 1.94 bits per heavy atom. The summed E-state index contributed by atoms with van der Waals surface area (Å²) in [5.41, 5.74) is 0. The molecule has 0 saturated carbocycles. The molecule has 0 saturated heterocycles. The highest BCUT2D eigenvalue weighted by molar-refractivity contribution is 7.07. The molecule has 7 heteroatoms. The molecule has 0 spiro atoms. The van der Waals surface area contributed by atoms with Gasteiger partial charge in [0.05, 0.1) is 14.2 Å². The van der Waals surface area contributed by atoms with Gasteiger partial charge < -0.3 is 14.2 Å². The van der Waals surface area contributed by atoms with Crippen molar-refractivity contribution in [2.75, 3.05) is 14.2 Å². The second-order valence-corrected chi connectivity index (χ2v) is 3.42. The maximum Gasteiger partial charge on any atom is 0.319 e. The van der Waals surface area contributed by atoms with Crippen molar-refractivity contribution in [1.82, 2.24) is 14.8 Å². The molecule has 1 aromatic heterocycles. The predicted octanol–water partition coefficient (Wildman–Crippen LogP) is 1.74. The van der Waals surface area contributed by atoms with Crippen molar-refractivity contribution in [3.05, 3.63) is 18.2 Å². The number of hydrogen-bond donors (Lipinski definition) is 0. The summed E-state index contributed by atoms with van der Waals surface area (Å²) in [6.45, 7) is 0. The second kappa shape index (κ2) is 4.75. The third kappa shape index (κ3) is 2.03. The van der Waals surface area contributed by atoms with Crippen LogP contribution in [0.5, 0.6) is 22.4 Å². The van der Waals surface area contributed by atoms with E-state index in [2.05, 4.69) is 14.8 Å². The molecule has 0 radical (unpaired) electrons. The van der Waals surface area contributed by atoms with Gasteiger partial charge in [0.15, 0.2) is 11.5 Å². The maximum atomic E-state index is 5.46. The van der Waals surface area contributed by atoms with E-state index in [4.69, 9.17) is 14.2 Å². The summed E-state index contributed by atoms with van der Waals surface area (Å²) in [5, 5.41) is 7.47. The molecule has 0 aliphatic rings. The quantitative estimate of drug-likeness (QED) is 0.809. The zero-order chi connectivity index (χ0) is 11.4. The van der Waals surface area contributed by atoms with Gasteiger partial charge in [-0.05, 0) is 17.3 Å². The molecule has 0 aliphatic carbocycles. The first-order chi connectivity index (χ1) is 7.85. The molecule has 0 N–H and O–H groups in total. The zero-order valence-electron chi connectivity index (χ0n) is 8.71. The van der Waals surface area contributed by atoms with Gasteiger partial charge in [-0.15, -0.1) is 0 Å². The SMILES string of the molecule is COc1cccc(Oc2nnns2)c1OC. The lowest BCUT2D eigenvalue weighted by molar-refractivity contribution is 0.335. The Balaban J connectivity index is 2.33. The molecular formula is C9H9N3O3S. The molecule has 1 heterocycles. The summed E-state index contributed by atoms with van der Waals surface area (Å²) in [6.07, 6.45) is 0. The van der Waals surface area contributed by atoms with E-state index in [1.165, 1.54) is 0 Å². The number of rotatable bonds is 4. The third-order valence-corrected chi connectivity index (χ3v) is 2.32. The molecule has 0 bridgehead atoms. The van der Waals surface area contributed by atoms with Crippen LogP contribution >= 0.6 is 11.5 Å². The molecule has 0 fully saturated rings. The minimum Gasteiger partial charge on any atom is -0.493 e. The maximum absolute atomic E-state index is 5.46. The summed E-state index contributed by atoms with van der Waals surface area (Å²) in [7, 11) is 3.11. The average molecular weight is 239 g/mol. The first-order valence-electron chi connectivity index (χ1n) is 4.39. The molecule has 2 aromatic rings. The highest BCUT2D eigenvalue weighted by Gasteiger charge is 2.12. The molecule has 0 aliphatic heterocycles. The summed E-state index contributed by atoms with van der Waals surface area (Å²) in [4.78, 5) is 0. The van der Waals surface area contributed by atoms with Gasteiger partial charge in [0.1, 0.15) is 0 Å². The number of hydrogen-bond acceptors (Lipinski definition) is 7. The van der Waals surface area contributed by atoms with E-state index < -0.39 is 0 Å². The van der Waals surface area contributed by atoms with Gasteiger partial charge in [0.2, 0.25) is 5.75 Å². The summed E-state index contributed by atoms with van der Waals surface area (Å²) < 4.78 is 19.4. The van der Waals surface area contributed by atoms with E-state index in [0.29, 0.717) is 22.4 Å². The molecule has 6 nitrogen and oxygen atoms in total. The van der Waals surface area contributed by atoms with Crippen LogP contribution in [0.2, 0.25) is 0 Å². The van der Waals surface area contributed by atoms with Crippen LogP contribution < -0.4 is 14.2 Å². The van der Waals surface area contributed by atoms with Crippen LogP contribution in [0.3, 0.4) is 0 Å². The van der Waals surface area contributed by atoms with E-state index >= 15 is 0 Å². The predicted molar refractivity (Wildman–Crippen MR) is 57.3 cm³/mol. The van der Waals surface area contributed by atoms with E-state index in [1.54, 1.807) is 32.4 Å². The lowest BCUT2D eigenvalue weighted by Gasteiger charge is -2.10. The van der Waals surface area contributed by atoms with Gasteiger partial charge >= 0.3 is 5.19 Å². The molecule has 0 atom stereocenters. The van der Waals surface area contributed by atoms with Crippen molar-refractivity contribution in [3.63, 3.8) is 0 Å². The van der Waals surface area contributed by atoms with E-state index in [-0.39, 0.29) is 0 Å². The molecule has 0 unspecified atom stereocenters. The lowest BCUT2D eigenvalue weighted by Crippen LogP contribution is -1.93. The van der Waals surface area contributed by atoms with E-state index in [9.17, 15) is 0 Å². The van der Waals surface area contributed by atoms with Crippen LogP contribution in [-0.2, 0) is 0 Å². The summed E-state index contributed by atoms with van der Waals surface area (Å²) in [6, 6.07) is 5.33. The third-order valence-electron chi connectivity index (χ3n) is 1.85. The van der Waals surface area contributed by atoms with Crippen LogP contribution in [0.15, 0.2) is 18.2 Å². The Morgan fingerprint density at radius 1 is 1.12 bits per heavy atom. The highest BCUT2D eigenvalue weighted by atomic mass is 32.1. The Hall–Kier alpha value is -1.89. The number of ether oxygens (including phenoxy) is 3. The zero-order valence-corrected chi connectivity index (χ0v) is 9.52. The number of aromatic nitrogens is 3. The molecule has 2 rings (SSSR count). The minimum atomic E-state index is 0.353. The lowest BCUT2D eigenvalue weighted by atomic mass is 10.3. The Labute approximate surface area is 95.9 Å². The number of benzene rings is 1. The first kappa shape index (κ1) is 10.6. The highest BCUT2D eigenvalue weighted by Crippen LogP contribution is 2.38. The van der Waals surface area contributed by atoms with Gasteiger partial charge in [-0.1, -0.05) is 15.7 Å². The van der Waals surface area contributed by atoms with E-state index in [0.717, 1.165) is 11.5 Å². The van der Waals surface area contributed by atoms with Crippen LogP contribution in [0.1, 0.15) is 0 Å². The first-order valence-corrected chi connectivity index (χ1v) is 5.16. The molecule has 0 amide bonds.